The van der Waals surface area contributed by atoms with Crippen LogP contribution in [-0.4, -0.2) is 29.6 Å². The van der Waals surface area contributed by atoms with Gasteiger partial charge in [0.05, 0.1) is 5.41 Å². The molecule has 21 heavy (non-hydrogen) atoms. The Labute approximate surface area is 131 Å². The Morgan fingerprint density at radius 1 is 1.33 bits per heavy atom. The average molecular weight is 310 g/mol. The summed E-state index contributed by atoms with van der Waals surface area (Å²) in [6.45, 7) is 2.66. The van der Waals surface area contributed by atoms with E-state index in [1.165, 1.54) is 0 Å². The Morgan fingerprint density at radius 3 is 2.52 bits per heavy atom. The fourth-order valence-corrected chi connectivity index (χ4v) is 3.63. The second kappa shape index (κ2) is 6.80. The summed E-state index contributed by atoms with van der Waals surface area (Å²) in [5.74, 6) is -0.652. The number of aliphatic carboxylic acids is 1. The van der Waals surface area contributed by atoms with Gasteiger partial charge in [0, 0.05) is 17.6 Å². The van der Waals surface area contributed by atoms with Crippen molar-refractivity contribution in [3.05, 3.63) is 34.9 Å². The molecule has 0 radical (unpaired) electrons. The minimum atomic E-state index is -0.652. The van der Waals surface area contributed by atoms with Crippen molar-refractivity contribution in [1.82, 2.24) is 4.90 Å². The number of hydrogen-bond donors (Lipinski definition) is 1. The van der Waals surface area contributed by atoms with Gasteiger partial charge < -0.3 is 5.11 Å². The van der Waals surface area contributed by atoms with Crippen LogP contribution >= 0.6 is 11.6 Å². The van der Waals surface area contributed by atoms with Crippen molar-refractivity contribution >= 4 is 17.6 Å². The van der Waals surface area contributed by atoms with E-state index < -0.39 is 11.4 Å². The van der Waals surface area contributed by atoms with Crippen LogP contribution in [0, 0.1) is 5.41 Å². The Hall–Kier alpha value is -1.06. The molecule has 1 atom stereocenters. The smallest absolute Gasteiger partial charge is 0.310 e. The molecule has 0 heterocycles. The van der Waals surface area contributed by atoms with Crippen LogP contribution in [-0.2, 0) is 4.79 Å². The molecule has 0 aromatic heterocycles. The summed E-state index contributed by atoms with van der Waals surface area (Å²) in [7, 11) is 1.99. The van der Waals surface area contributed by atoms with Crippen LogP contribution in [0.5, 0.6) is 0 Å². The summed E-state index contributed by atoms with van der Waals surface area (Å²) in [6.07, 6.45) is 4.74. The van der Waals surface area contributed by atoms with E-state index in [4.69, 9.17) is 11.6 Å². The Kier molecular flexibility index (Phi) is 5.28. The van der Waals surface area contributed by atoms with Crippen LogP contribution in [0.15, 0.2) is 24.3 Å². The first kappa shape index (κ1) is 16.3. The number of rotatable bonds is 5. The molecular weight excluding hydrogens is 286 g/mol. The quantitative estimate of drug-likeness (QED) is 0.878. The summed E-state index contributed by atoms with van der Waals surface area (Å²) in [5, 5.41) is 10.4. The van der Waals surface area contributed by atoms with Gasteiger partial charge in [-0.25, -0.2) is 0 Å². The number of benzene rings is 1. The van der Waals surface area contributed by atoms with Crippen LogP contribution in [0.3, 0.4) is 0 Å². The van der Waals surface area contributed by atoms with Crippen LogP contribution in [0.25, 0.3) is 0 Å². The highest BCUT2D eigenvalue weighted by atomic mass is 35.5. The standard InChI is InChI=1S/C17H24ClNO2/c1-13(14-8-4-5-9-15(14)18)19(2)12-17(16(20)21)10-6-3-7-11-17/h4-5,8-9,13H,3,6-7,10-12H2,1-2H3,(H,20,21). The summed E-state index contributed by atoms with van der Waals surface area (Å²) in [5.41, 5.74) is 0.459. The lowest BCUT2D eigenvalue weighted by molar-refractivity contribution is -0.152. The average Bonchev–Trinajstić information content (AvgIpc) is 2.47. The van der Waals surface area contributed by atoms with Gasteiger partial charge in [0.25, 0.3) is 0 Å². The molecule has 2 rings (SSSR count). The lowest BCUT2D eigenvalue weighted by Crippen LogP contribution is -2.44. The third-order valence-electron chi connectivity index (χ3n) is 4.83. The van der Waals surface area contributed by atoms with E-state index in [2.05, 4.69) is 11.8 Å². The molecule has 1 aromatic rings. The molecule has 0 saturated heterocycles. The van der Waals surface area contributed by atoms with Gasteiger partial charge in [0.1, 0.15) is 0 Å². The zero-order valence-electron chi connectivity index (χ0n) is 12.8. The molecule has 0 amide bonds. The number of halogens is 1. The first-order valence-corrected chi connectivity index (χ1v) is 8.02. The summed E-state index contributed by atoms with van der Waals surface area (Å²) in [6, 6.07) is 7.89. The fourth-order valence-electron chi connectivity index (χ4n) is 3.33. The maximum atomic E-state index is 11.8. The molecule has 4 heteroatoms. The third-order valence-corrected chi connectivity index (χ3v) is 5.18. The van der Waals surface area contributed by atoms with E-state index >= 15 is 0 Å². The Bertz CT molecular complexity index is 497. The van der Waals surface area contributed by atoms with Crippen molar-refractivity contribution in [3.8, 4) is 0 Å². The van der Waals surface area contributed by atoms with Crippen molar-refractivity contribution in [2.24, 2.45) is 5.41 Å². The second-order valence-corrected chi connectivity index (χ2v) is 6.67. The van der Waals surface area contributed by atoms with Crippen molar-refractivity contribution in [2.45, 2.75) is 45.1 Å². The molecule has 1 aromatic carbocycles. The normalized spacial score (nSPS) is 19.4. The lowest BCUT2D eigenvalue weighted by Gasteiger charge is -2.38. The molecule has 116 valence electrons. The van der Waals surface area contributed by atoms with Gasteiger partial charge in [-0.2, -0.15) is 0 Å². The highest BCUT2D eigenvalue weighted by molar-refractivity contribution is 6.31. The Balaban J connectivity index is 2.14. The summed E-state index contributed by atoms with van der Waals surface area (Å²) < 4.78 is 0. The molecule has 3 nitrogen and oxygen atoms in total. The molecule has 0 bridgehead atoms. The van der Waals surface area contributed by atoms with Crippen molar-refractivity contribution in [1.29, 1.82) is 0 Å². The van der Waals surface area contributed by atoms with Gasteiger partial charge in [-0.1, -0.05) is 49.1 Å². The topological polar surface area (TPSA) is 40.5 Å². The predicted molar refractivity (Wildman–Crippen MR) is 85.7 cm³/mol. The van der Waals surface area contributed by atoms with Gasteiger partial charge in [0.2, 0.25) is 0 Å². The van der Waals surface area contributed by atoms with Crippen LogP contribution < -0.4 is 0 Å². The number of nitrogens with zero attached hydrogens (tertiary/aromatic N) is 1. The number of carboxylic acids is 1. The van der Waals surface area contributed by atoms with E-state index in [0.717, 1.165) is 42.7 Å². The third kappa shape index (κ3) is 3.58. The van der Waals surface area contributed by atoms with Gasteiger partial charge in [0.15, 0.2) is 0 Å². The summed E-state index contributed by atoms with van der Waals surface area (Å²) >= 11 is 6.26. The molecular formula is C17H24ClNO2. The highest BCUT2D eigenvalue weighted by Crippen LogP contribution is 2.39. The van der Waals surface area contributed by atoms with E-state index in [0.29, 0.717) is 6.54 Å². The molecule has 0 spiro atoms. The zero-order chi connectivity index (χ0) is 15.5. The zero-order valence-corrected chi connectivity index (χ0v) is 13.6. The lowest BCUT2D eigenvalue weighted by atomic mass is 9.73. The Morgan fingerprint density at radius 2 is 1.95 bits per heavy atom. The molecule has 1 aliphatic rings. The minimum absolute atomic E-state index is 0.108. The first-order valence-electron chi connectivity index (χ1n) is 7.64. The predicted octanol–water partition coefficient (Wildman–Crippen LogP) is 4.37. The van der Waals surface area contributed by atoms with E-state index in [-0.39, 0.29) is 6.04 Å². The fraction of sp³-hybridized carbons (Fsp3) is 0.588. The van der Waals surface area contributed by atoms with E-state index in [1.807, 2.05) is 31.3 Å². The number of carboxylic acid groups (broad SMARTS) is 1. The molecule has 0 aliphatic heterocycles. The molecule has 1 fully saturated rings. The number of carbonyl (C=O) groups is 1. The highest BCUT2D eigenvalue weighted by Gasteiger charge is 2.41. The van der Waals surface area contributed by atoms with Gasteiger partial charge in [-0.3, -0.25) is 9.69 Å². The van der Waals surface area contributed by atoms with Crippen LogP contribution in [0.2, 0.25) is 5.02 Å². The first-order chi connectivity index (χ1) is 9.96. The summed E-state index contributed by atoms with van der Waals surface area (Å²) in [4.78, 5) is 13.9. The molecule has 1 N–H and O–H groups in total. The van der Waals surface area contributed by atoms with Gasteiger partial charge >= 0.3 is 5.97 Å². The van der Waals surface area contributed by atoms with Gasteiger partial charge in [-0.15, -0.1) is 0 Å². The van der Waals surface area contributed by atoms with Crippen molar-refractivity contribution in [3.63, 3.8) is 0 Å². The minimum Gasteiger partial charge on any atom is -0.481 e. The monoisotopic (exact) mass is 309 g/mol. The molecule has 1 aliphatic carbocycles. The maximum absolute atomic E-state index is 11.8. The molecule has 1 unspecified atom stereocenters. The van der Waals surface area contributed by atoms with Crippen LogP contribution in [0.4, 0.5) is 0 Å². The molecule has 1 saturated carbocycles. The van der Waals surface area contributed by atoms with Crippen molar-refractivity contribution < 1.29 is 9.90 Å². The maximum Gasteiger partial charge on any atom is 0.310 e. The van der Waals surface area contributed by atoms with Crippen LogP contribution in [0.1, 0.15) is 50.6 Å². The SMILES string of the molecule is CC(c1ccccc1Cl)N(C)CC1(C(=O)O)CCCCC1. The van der Waals surface area contributed by atoms with E-state index in [1.54, 1.807) is 0 Å². The van der Waals surface area contributed by atoms with Gasteiger partial charge in [-0.05, 0) is 38.4 Å². The second-order valence-electron chi connectivity index (χ2n) is 6.26. The van der Waals surface area contributed by atoms with Crippen molar-refractivity contribution in [2.75, 3.05) is 13.6 Å². The van der Waals surface area contributed by atoms with E-state index in [9.17, 15) is 9.90 Å². The number of hydrogen-bond acceptors (Lipinski definition) is 2. The largest absolute Gasteiger partial charge is 0.481 e.